The fourth-order valence-corrected chi connectivity index (χ4v) is 4.99. The highest BCUT2D eigenvalue weighted by molar-refractivity contribution is 7.89. The Balaban J connectivity index is 1.79. The van der Waals surface area contributed by atoms with E-state index in [1.807, 2.05) is 0 Å². The fourth-order valence-electron chi connectivity index (χ4n) is 2.99. The smallest absolute Gasteiger partial charge is 0.316 e. The van der Waals surface area contributed by atoms with Crippen molar-refractivity contribution in [3.8, 4) is 6.01 Å². The number of nitrogens with zero attached hydrogens (tertiary/aromatic N) is 5. The maximum atomic E-state index is 13.1. The van der Waals surface area contributed by atoms with Crippen molar-refractivity contribution in [1.82, 2.24) is 24.1 Å². The number of aryl methyl sites for hydroxylation is 2. The highest BCUT2D eigenvalue weighted by Gasteiger charge is 2.35. The van der Waals surface area contributed by atoms with E-state index in [4.69, 9.17) is 16.3 Å². The summed E-state index contributed by atoms with van der Waals surface area (Å²) in [5, 5.41) is 4.63. The van der Waals surface area contributed by atoms with E-state index in [2.05, 4.69) is 15.1 Å². The molecule has 3 rings (SSSR count). The second-order valence-electron chi connectivity index (χ2n) is 6.05. The molecule has 1 fully saturated rings. The summed E-state index contributed by atoms with van der Waals surface area (Å²) in [6.07, 6.45) is 4.04. The molecule has 1 aliphatic rings. The molecule has 8 nitrogen and oxygen atoms in total. The molecule has 0 saturated carbocycles. The van der Waals surface area contributed by atoms with Gasteiger partial charge < -0.3 is 4.74 Å². The lowest BCUT2D eigenvalue weighted by atomic mass is 10.1. The van der Waals surface area contributed by atoms with Gasteiger partial charge in [0.1, 0.15) is 11.0 Å². The summed E-state index contributed by atoms with van der Waals surface area (Å²) in [5.41, 5.74) is 1.13. The van der Waals surface area contributed by atoms with E-state index in [-0.39, 0.29) is 23.6 Å². The highest BCUT2D eigenvalue weighted by Crippen LogP contribution is 2.26. The van der Waals surface area contributed by atoms with E-state index in [1.165, 1.54) is 16.7 Å². The molecule has 0 aromatic carbocycles. The molecule has 1 saturated heterocycles. The van der Waals surface area contributed by atoms with Crippen LogP contribution in [0.25, 0.3) is 0 Å². The minimum absolute atomic E-state index is 0.197. The first-order valence-electron chi connectivity index (χ1n) is 7.93. The van der Waals surface area contributed by atoms with E-state index in [1.54, 1.807) is 25.6 Å². The third-order valence-corrected chi connectivity index (χ3v) is 6.56. The van der Waals surface area contributed by atoms with Crippen molar-refractivity contribution in [3.05, 3.63) is 28.8 Å². The number of hydrogen-bond acceptors (Lipinski definition) is 6. The lowest BCUT2D eigenvalue weighted by Gasteiger charge is -2.31. The zero-order valence-electron chi connectivity index (χ0n) is 14.3. The SMILES string of the molecule is Cc1nn(C)c(C)c1S(=O)(=O)N1CCC[C@@H](Oc2ncc(Cl)cn2)C1. The van der Waals surface area contributed by atoms with Crippen LogP contribution in [0.3, 0.4) is 0 Å². The molecule has 0 N–H and O–H groups in total. The Morgan fingerprint density at radius 1 is 1.28 bits per heavy atom. The number of hydrogen-bond donors (Lipinski definition) is 0. The van der Waals surface area contributed by atoms with Crippen molar-refractivity contribution in [3.63, 3.8) is 0 Å². The minimum Gasteiger partial charge on any atom is -0.459 e. The van der Waals surface area contributed by atoms with Crippen LogP contribution in [0, 0.1) is 13.8 Å². The van der Waals surface area contributed by atoms with Gasteiger partial charge in [-0.1, -0.05) is 11.6 Å². The maximum Gasteiger partial charge on any atom is 0.316 e. The van der Waals surface area contributed by atoms with Gasteiger partial charge in [0.2, 0.25) is 10.0 Å². The van der Waals surface area contributed by atoms with E-state index in [0.717, 1.165) is 6.42 Å². The zero-order chi connectivity index (χ0) is 18.2. The zero-order valence-corrected chi connectivity index (χ0v) is 15.9. The molecule has 0 radical (unpaired) electrons. The molecule has 0 spiro atoms. The Morgan fingerprint density at radius 3 is 2.56 bits per heavy atom. The van der Waals surface area contributed by atoms with Crippen LogP contribution >= 0.6 is 11.6 Å². The lowest BCUT2D eigenvalue weighted by Crippen LogP contribution is -2.44. The molecular formula is C15H20ClN5O3S. The minimum atomic E-state index is -3.63. The first-order chi connectivity index (χ1) is 11.8. The Kier molecular flexibility index (Phi) is 4.99. The molecule has 1 atom stereocenters. The average molecular weight is 386 g/mol. The summed E-state index contributed by atoms with van der Waals surface area (Å²) in [7, 11) is -1.89. The Labute approximate surface area is 151 Å². The van der Waals surface area contributed by atoms with Gasteiger partial charge >= 0.3 is 6.01 Å². The quantitative estimate of drug-likeness (QED) is 0.795. The molecular weight excluding hydrogens is 366 g/mol. The summed E-state index contributed by atoms with van der Waals surface area (Å²) in [6, 6.07) is 0.197. The van der Waals surface area contributed by atoms with Gasteiger partial charge in [0.15, 0.2) is 0 Å². The third-order valence-electron chi connectivity index (χ3n) is 4.25. The van der Waals surface area contributed by atoms with Crippen molar-refractivity contribution in [2.24, 2.45) is 7.05 Å². The van der Waals surface area contributed by atoms with Crippen molar-refractivity contribution in [1.29, 1.82) is 0 Å². The van der Waals surface area contributed by atoms with Crippen LogP contribution in [0.4, 0.5) is 0 Å². The molecule has 0 bridgehead atoms. The summed E-state index contributed by atoms with van der Waals surface area (Å²) < 4.78 is 34.9. The van der Waals surface area contributed by atoms with E-state index >= 15 is 0 Å². The molecule has 2 aromatic rings. The van der Waals surface area contributed by atoms with Crippen LogP contribution in [0.1, 0.15) is 24.2 Å². The second-order valence-corrected chi connectivity index (χ2v) is 8.36. The van der Waals surface area contributed by atoms with Crippen molar-refractivity contribution < 1.29 is 13.2 Å². The van der Waals surface area contributed by atoms with Gasteiger partial charge in [0, 0.05) is 13.6 Å². The van der Waals surface area contributed by atoms with Gasteiger partial charge in [-0.05, 0) is 26.7 Å². The first kappa shape index (κ1) is 18.1. The van der Waals surface area contributed by atoms with Crippen LogP contribution in [-0.4, -0.2) is 51.7 Å². The number of piperidine rings is 1. The van der Waals surface area contributed by atoms with Crippen LogP contribution in [0.5, 0.6) is 6.01 Å². The number of sulfonamides is 1. The first-order valence-corrected chi connectivity index (χ1v) is 9.75. The summed E-state index contributed by atoms with van der Waals surface area (Å²) in [4.78, 5) is 8.28. The topological polar surface area (TPSA) is 90.2 Å². The summed E-state index contributed by atoms with van der Waals surface area (Å²) in [5.74, 6) is 0. The normalized spacial score (nSPS) is 19.1. The Bertz CT molecular complexity index is 866. The van der Waals surface area contributed by atoms with Crippen LogP contribution in [0.15, 0.2) is 17.3 Å². The van der Waals surface area contributed by atoms with Crippen LogP contribution < -0.4 is 4.74 Å². The van der Waals surface area contributed by atoms with Gasteiger partial charge in [0.25, 0.3) is 0 Å². The Morgan fingerprint density at radius 2 is 1.96 bits per heavy atom. The molecule has 0 aliphatic carbocycles. The largest absolute Gasteiger partial charge is 0.459 e. The standard InChI is InChI=1S/C15H20ClN5O3S/c1-10-14(11(2)20(3)19-10)25(22,23)21-6-4-5-13(9-21)24-15-17-7-12(16)8-18-15/h7-8,13H,4-6,9H2,1-3H3/t13-/m1/s1. The molecule has 0 amide bonds. The predicted octanol–water partition coefficient (Wildman–Crippen LogP) is 1.71. The monoisotopic (exact) mass is 385 g/mol. The molecule has 25 heavy (non-hydrogen) atoms. The number of ether oxygens (including phenoxy) is 1. The molecule has 1 aliphatic heterocycles. The van der Waals surface area contributed by atoms with Crippen molar-refractivity contribution in [2.75, 3.05) is 13.1 Å². The van der Waals surface area contributed by atoms with E-state index in [0.29, 0.717) is 29.4 Å². The Hall–Kier alpha value is -1.71. The lowest BCUT2D eigenvalue weighted by molar-refractivity contribution is 0.119. The summed E-state index contributed by atoms with van der Waals surface area (Å²) in [6.45, 7) is 4.17. The molecule has 2 aromatic heterocycles. The number of rotatable bonds is 4. The van der Waals surface area contributed by atoms with Gasteiger partial charge in [-0.25, -0.2) is 18.4 Å². The summed E-state index contributed by atoms with van der Waals surface area (Å²) >= 11 is 5.76. The van der Waals surface area contributed by atoms with Crippen molar-refractivity contribution in [2.45, 2.75) is 37.7 Å². The molecule has 3 heterocycles. The molecule has 136 valence electrons. The highest BCUT2D eigenvalue weighted by atomic mass is 35.5. The van der Waals surface area contributed by atoms with Crippen LogP contribution in [0.2, 0.25) is 5.02 Å². The number of halogens is 1. The maximum absolute atomic E-state index is 13.1. The van der Waals surface area contributed by atoms with Crippen molar-refractivity contribution >= 4 is 21.6 Å². The van der Waals surface area contributed by atoms with E-state index in [9.17, 15) is 8.42 Å². The third kappa shape index (κ3) is 3.63. The number of aromatic nitrogens is 4. The molecule has 0 unspecified atom stereocenters. The van der Waals surface area contributed by atoms with Gasteiger partial charge in [-0.2, -0.15) is 9.40 Å². The van der Waals surface area contributed by atoms with Crippen LogP contribution in [-0.2, 0) is 17.1 Å². The fraction of sp³-hybridized carbons (Fsp3) is 0.533. The predicted molar refractivity (Wildman–Crippen MR) is 92.1 cm³/mol. The molecule has 10 heteroatoms. The van der Waals surface area contributed by atoms with Gasteiger partial charge in [0.05, 0.1) is 35.3 Å². The van der Waals surface area contributed by atoms with Gasteiger partial charge in [-0.15, -0.1) is 0 Å². The van der Waals surface area contributed by atoms with Gasteiger partial charge in [-0.3, -0.25) is 4.68 Å². The van der Waals surface area contributed by atoms with E-state index < -0.39 is 10.0 Å². The average Bonchev–Trinajstić information content (AvgIpc) is 2.83. The second kappa shape index (κ2) is 6.89.